The zero-order valence-corrected chi connectivity index (χ0v) is 36.5. The molecule has 0 aromatic carbocycles. The highest BCUT2D eigenvalue weighted by Gasteiger charge is 2.30. The Morgan fingerprint density at radius 2 is 1.20 bits per heavy atom. The van der Waals surface area contributed by atoms with Crippen molar-refractivity contribution in [2.45, 2.75) is 251 Å². The normalized spacial score (nSPS) is 14.5. The van der Waals surface area contributed by atoms with Crippen LogP contribution in [0.1, 0.15) is 232 Å². The number of allylic oxidation sites excluding steroid dienone is 4. The molecule has 316 valence electrons. The van der Waals surface area contributed by atoms with E-state index >= 15 is 0 Å². The van der Waals surface area contributed by atoms with Crippen LogP contribution < -0.4 is 5.32 Å². The molecule has 2 amide bonds. The van der Waals surface area contributed by atoms with Crippen molar-refractivity contribution in [3.05, 3.63) is 42.5 Å². The minimum absolute atomic E-state index is 0.0931. The summed E-state index contributed by atoms with van der Waals surface area (Å²) in [4.78, 5) is 34.6. The monoisotopic (exact) mass is 765 g/mol. The van der Waals surface area contributed by atoms with Crippen molar-refractivity contribution in [2.24, 2.45) is 0 Å². The molecule has 1 saturated carbocycles. The number of imidazole rings is 1. The van der Waals surface area contributed by atoms with Crippen molar-refractivity contribution in [3.63, 3.8) is 0 Å². The molecule has 6 heteroatoms. The van der Waals surface area contributed by atoms with Crippen molar-refractivity contribution in [2.75, 3.05) is 6.54 Å². The molecule has 1 aliphatic carbocycles. The smallest absolute Gasteiger partial charge is 0.243 e. The van der Waals surface area contributed by atoms with Gasteiger partial charge in [0, 0.05) is 37.9 Å². The molecule has 0 bridgehead atoms. The van der Waals surface area contributed by atoms with E-state index in [9.17, 15) is 9.59 Å². The van der Waals surface area contributed by atoms with E-state index in [-0.39, 0.29) is 23.9 Å². The maximum Gasteiger partial charge on any atom is 0.243 e. The molecule has 1 aromatic rings. The molecule has 0 aliphatic heterocycles. The van der Waals surface area contributed by atoms with E-state index in [2.05, 4.69) is 53.0 Å². The van der Waals surface area contributed by atoms with Gasteiger partial charge < -0.3 is 14.8 Å². The lowest BCUT2D eigenvalue weighted by molar-refractivity contribution is -0.141. The molecule has 1 fully saturated rings. The van der Waals surface area contributed by atoms with Crippen LogP contribution in [0.25, 0.3) is 0 Å². The third kappa shape index (κ3) is 25.5. The van der Waals surface area contributed by atoms with Crippen molar-refractivity contribution in [1.82, 2.24) is 19.8 Å². The average Bonchev–Trinajstić information content (AvgIpc) is 3.42. The Bertz CT molecular complexity index is 1100. The molecule has 1 unspecified atom stereocenters. The fourth-order valence-corrected chi connectivity index (χ4v) is 8.19. The van der Waals surface area contributed by atoms with Gasteiger partial charge in [-0.15, -0.1) is 0 Å². The predicted molar refractivity (Wildman–Crippen MR) is 236 cm³/mol. The number of aryl methyl sites for hydroxylation is 2. The van der Waals surface area contributed by atoms with Gasteiger partial charge in [0.15, 0.2) is 0 Å². The summed E-state index contributed by atoms with van der Waals surface area (Å²) in [7, 11) is 0. The minimum atomic E-state index is -0.373. The Morgan fingerprint density at radius 3 is 1.75 bits per heavy atom. The first kappa shape index (κ1) is 48.8. The van der Waals surface area contributed by atoms with Gasteiger partial charge in [0.2, 0.25) is 11.8 Å². The van der Waals surface area contributed by atoms with E-state index in [4.69, 9.17) is 0 Å². The van der Waals surface area contributed by atoms with Gasteiger partial charge in [0.25, 0.3) is 0 Å². The molecule has 1 atom stereocenters. The molecule has 2 rings (SSSR count). The lowest BCUT2D eigenvalue weighted by atomic mass is 10.0. The Morgan fingerprint density at radius 1 is 0.691 bits per heavy atom. The van der Waals surface area contributed by atoms with Crippen molar-refractivity contribution < 1.29 is 9.59 Å². The first-order chi connectivity index (χ1) is 27.1. The minimum Gasteiger partial charge on any atom is -0.352 e. The van der Waals surface area contributed by atoms with Crippen LogP contribution in [0, 0.1) is 6.92 Å². The van der Waals surface area contributed by atoms with E-state index in [1.165, 1.54) is 154 Å². The number of carbonyl (C=O) groups is 2. The van der Waals surface area contributed by atoms with Crippen LogP contribution in [0.5, 0.6) is 0 Å². The topological polar surface area (TPSA) is 67.2 Å². The highest BCUT2D eigenvalue weighted by Crippen LogP contribution is 2.21. The average molecular weight is 765 g/mol. The molecule has 55 heavy (non-hydrogen) atoms. The molecule has 0 radical (unpaired) electrons. The maximum absolute atomic E-state index is 14.1. The molecule has 0 spiro atoms. The summed E-state index contributed by atoms with van der Waals surface area (Å²) in [5.74, 6) is 1.26. The standard InChI is InChI=1S/C49H88N4O2/c1-4-6-8-10-12-14-16-18-19-21-23-25-27-29-35-40-48(54)53(43-36-42-52-44-41-50-45(52)3)47(49(55)51-46-37-32-30-31-33-38-46)39-34-28-26-24-22-20-17-15-13-11-9-7-5-2/h11,13,18-19,41,44,46-47H,4-10,12,14-17,20-40,42-43H2,1-3H3,(H,51,55)/b13-11-,19-18-. The number of rotatable bonds is 35. The molecule has 0 saturated heterocycles. The Hall–Kier alpha value is -2.37. The summed E-state index contributed by atoms with van der Waals surface area (Å²) in [6, 6.07) is -0.128. The van der Waals surface area contributed by atoms with Crippen LogP contribution in [0.2, 0.25) is 0 Å². The van der Waals surface area contributed by atoms with Gasteiger partial charge in [-0.2, -0.15) is 0 Å². The van der Waals surface area contributed by atoms with Gasteiger partial charge in [-0.3, -0.25) is 9.59 Å². The first-order valence-corrected chi connectivity index (χ1v) is 23.9. The summed E-state index contributed by atoms with van der Waals surface area (Å²) in [6.45, 7) is 8.00. The third-order valence-corrected chi connectivity index (χ3v) is 11.8. The summed E-state index contributed by atoms with van der Waals surface area (Å²) >= 11 is 0. The highest BCUT2D eigenvalue weighted by atomic mass is 16.2. The second-order valence-electron chi connectivity index (χ2n) is 16.8. The zero-order valence-electron chi connectivity index (χ0n) is 36.5. The molecular weight excluding hydrogens is 677 g/mol. The molecule has 1 heterocycles. The Labute approximate surface area is 340 Å². The molecule has 1 N–H and O–H groups in total. The zero-order chi connectivity index (χ0) is 39.4. The summed E-state index contributed by atoms with van der Waals surface area (Å²) in [5, 5.41) is 3.47. The number of nitrogens with one attached hydrogen (secondary N) is 1. The van der Waals surface area contributed by atoms with E-state index in [1.54, 1.807) is 0 Å². The van der Waals surface area contributed by atoms with Crippen LogP contribution in [0.3, 0.4) is 0 Å². The maximum atomic E-state index is 14.1. The first-order valence-electron chi connectivity index (χ1n) is 23.9. The number of hydrogen-bond donors (Lipinski definition) is 1. The second-order valence-corrected chi connectivity index (χ2v) is 16.8. The second kappa shape index (κ2) is 34.8. The van der Waals surface area contributed by atoms with Crippen molar-refractivity contribution >= 4 is 11.8 Å². The van der Waals surface area contributed by atoms with Crippen LogP contribution >= 0.6 is 0 Å². The van der Waals surface area contributed by atoms with Gasteiger partial charge in [-0.05, 0) is 84.0 Å². The number of carbonyl (C=O) groups excluding carboxylic acids is 2. The van der Waals surface area contributed by atoms with Gasteiger partial charge in [0.1, 0.15) is 11.9 Å². The largest absolute Gasteiger partial charge is 0.352 e. The Kier molecular flexibility index (Phi) is 30.9. The summed E-state index contributed by atoms with van der Waals surface area (Å²) < 4.78 is 2.16. The van der Waals surface area contributed by atoms with Gasteiger partial charge in [-0.25, -0.2) is 4.98 Å². The van der Waals surface area contributed by atoms with E-state index in [0.717, 1.165) is 63.7 Å². The van der Waals surface area contributed by atoms with Gasteiger partial charge >= 0.3 is 0 Å². The van der Waals surface area contributed by atoms with Gasteiger partial charge in [0.05, 0.1) is 0 Å². The Balaban J connectivity index is 1.88. The summed E-state index contributed by atoms with van der Waals surface area (Å²) in [6.07, 6.45) is 52.3. The lowest BCUT2D eigenvalue weighted by Crippen LogP contribution is -2.52. The van der Waals surface area contributed by atoms with Gasteiger partial charge in [-0.1, -0.05) is 167 Å². The third-order valence-electron chi connectivity index (χ3n) is 11.8. The predicted octanol–water partition coefficient (Wildman–Crippen LogP) is 13.9. The van der Waals surface area contributed by atoms with Crippen LogP contribution in [-0.4, -0.2) is 44.9 Å². The van der Waals surface area contributed by atoms with Crippen LogP contribution in [-0.2, 0) is 16.1 Å². The number of hydrogen-bond acceptors (Lipinski definition) is 3. The molecule has 1 aromatic heterocycles. The van der Waals surface area contributed by atoms with E-state index in [0.29, 0.717) is 13.0 Å². The van der Waals surface area contributed by atoms with E-state index in [1.807, 2.05) is 24.2 Å². The van der Waals surface area contributed by atoms with Crippen molar-refractivity contribution in [1.29, 1.82) is 0 Å². The number of unbranched alkanes of at least 4 members (excludes halogenated alkanes) is 20. The lowest BCUT2D eigenvalue weighted by Gasteiger charge is -2.33. The molecule has 6 nitrogen and oxygen atoms in total. The number of nitrogens with zero attached hydrogens (tertiary/aromatic N) is 3. The van der Waals surface area contributed by atoms with E-state index < -0.39 is 0 Å². The van der Waals surface area contributed by atoms with Crippen LogP contribution in [0.4, 0.5) is 0 Å². The SMILES string of the molecule is CCCC/C=C\CCCCCCCCCC(C(=O)NC1CCCCCC1)N(CCCn1ccnc1C)C(=O)CCCCCCC/C=C\CCCCCCCC. The number of amides is 2. The summed E-state index contributed by atoms with van der Waals surface area (Å²) in [5.41, 5.74) is 0. The molecular formula is C49H88N4O2. The fourth-order valence-electron chi connectivity index (χ4n) is 8.19. The molecule has 1 aliphatic rings. The fraction of sp³-hybridized carbons (Fsp3) is 0.816. The van der Waals surface area contributed by atoms with Crippen LogP contribution in [0.15, 0.2) is 36.7 Å². The van der Waals surface area contributed by atoms with Crippen molar-refractivity contribution in [3.8, 4) is 0 Å². The highest BCUT2D eigenvalue weighted by molar-refractivity contribution is 5.87. The quantitative estimate of drug-likeness (QED) is 0.0425. The number of aromatic nitrogens is 2.